The van der Waals surface area contributed by atoms with Crippen LogP contribution in [-0.4, -0.2) is 66.7 Å². The number of halogens is 1. The zero-order valence-electron chi connectivity index (χ0n) is 26.0. The predicted molar refractivity (Wildman–Crippen MR) is 186 cm³/mol. The smallest absolute Gasteiger partial charge is 0.326 e. The van der Waals surface area contributed by atoms with Gasteiger partial charge in [0.2, 0.25) is 5.91 Å². The highest BCUT2D eigenvalue weighted by atomic mass is 35.5. The zero-order valence-corrected chi connectivity index (χ0v) is 27.6. The van der Waals surface area contributed by atoms with Gasteiger partial charge in [-0.25, -0.2) is 13.2 Å². The molecule has 0 fully saturated rings. The van der Waals surface area contributed by atoms with Crippen molar-refractivity contribution >= 4 is 73.4 Å². The van der Waals surface area contributed by atoms with E-state index >= 15 is 0 Å². The number of nitrogen functional groups attached to an aromatic ring is 1. The molecule has 1 atom stereocenters. The number of hydrogen-bond acceptors (Lipinski definition) is 7. The van der Waals surface area contributed by atoms with E-state index in [0.717, 1.165) is 14.8 Å². The summed E-state index contributed by atoms with van der Waals surface area (Å²) in [4.78, 5) is 43.3. The van der Waals surface area contributed by atoms with Crippen molar-refractivity contribution in [3.63, 3.8) is 0 Å². The number of pyridine rings is 1. The number of para-hydroxylation sites is 1. The molecule has 5 aromatic rings. The van der Waals surface area contributed by atoms with Crippen LogP contribution in [0, 0.1) is 5.41 Å². The number of benzene rings is 4. The predicted octanol–water partition coefficient (Wildman–Crippen LogP) is 4.15. The molecule has 0 saturated heterocycles. The molecule has 248 valence electrons. The normalized spacial score (nSPS) is 11.7. The summed E-state index contributed by atoms with van der Waals surface area (Å²) in [6.45, 7) is 0.867. The molecular formula is C34H33ClN6O6S. The summed E-state index contributed by atoms with van der Waals surface area (Å²) in [5.74, 6) is -2.38. The van der Waals surface area contributed by atoms with Crippen molar-refractivity contribution in [2.24, 2.45) is 5.73 Å². The summed E-state index contributed by atoms with van der Waals surface area (Å²) in [7, 11) is -3.12. The van der Waals surface area contributed by atoms with Crippen molar-refractivity contribution in [2.75, 3.05) is 17.9 Å². The molecule has 0 radical (unpaired) electrons. The van der Waals surface area contributed by atoms with Crippen LogP contribution >= 0.6 is 12.4 Å². The van der Waals surface area contributed by atoms with Crippen molar-refractivity contribution in [1.82, 2.24) is 15.2 Å². The first-order valence-corrected chi connectivity index (χ1v) is 15.9. The standard InChI is InChI=1S/C34H32N6O6S.ClH/c1-21(34(43)44)39(2)30(41)20-40(47(45,46)29-10-4-6-23-8-5-17-37-31(23)29)26-15-16-27-25(18-26)7-3-9-28(27)33(42)38-19-22-11-13-24(14-12-22)32(35)36;/h3-18,21H,19-20H2,1-2H3,(H3,35,36)(H,38,42)(H,43,44);1H. The minimum atomic E-state index is -4.42. The van der Waals surface area contributed by atoms with Crippen LogP contribution in [0.3, 0.4) is 0 Å². The van der Waals surface area contributed by atoms with Gasteiger partial charge >= 0.3 is 5.97 Å². The number of sulfonamides is 1. The maximum absolute atomic E-state index is 14.3. The molecule has 0 aliphatic carbocycles. The number of carboxylic acids is 1. The fourth-order valence-corrected chi connectivity index (χ4v) is 6.61. The highest BCUT2D eigenvalue weighted by Crippen LogP contribution is 2.31. The number of hydrogen-bond donors (Lipinski definition) is 4. The van der Waals surface area contributed by atoms with Gasteiger partial charge < -0.3 is 21.1 Å². The average molecular weight is 689 g/mol. The van der Waals surface area contributed by atoms with Gasteiger partial charge in [-0.05, 0) is 53.6 Å². The molecule has 12 nitrogen and oxygen atoms in total. The van der Waals surface area contributed by atoms with Crippen LogP contribution in [0.15, 0.2) is 102 Å². The monoisotopic (exact) mass is 688 g/mol. The van der Waals surface area contributed by atoms with E-state index in [2.05, 4.69) is 10.3 Å². The zero-order chi connectivity index (χ0) is 33.9. The summed E-state index contributed by atoms with van der Waals surface area (Å²) >= 11 is 0. The molecule has 0 aliphatic heterocycles. The lowest BCUT2D eigenvalue weighted by molar-refractivity contribution is -0.147. The Bertz CT molecular complexity index is 2140. The van der Waals surface area contributed by atoms with Gasteiger partial charge in [-0.3, -0.25) is 24.3 Å². The van der Waals surface area contributed by atoms with Crippen LogP contribution < -0.4 is 15.4 Å². The van der Waals surface area contributed by atoms with Gasteiger partial charge in [0.1, 0.15) is 23.3 Å². The maximum Gasteiger partial charge on any atom is 0.326 e. The number of nitrogens with zero attached hydrogens (tertiary/aromatic N) is 3. The number of carbonyl (C=O) groups excluding carboxylic acids is 2. The van der Waals surface area contributed by atoms with E-state index in [4.69, 9.17) is 11.1 Å². The average Bonchev–Trinajstić information content (AvgIpc) is 3.07. The molecule has 5 N–H and O–H groups in total. The minimum Gasteiger partial charge on any atom is -0.480 e. The Kier molecular flexibility index (Phi) is 10.7. The van der Waals surface area contributed by atoms with Gasteiger partial charge in [0.05, 0.1) is 11.2 Å². The number of aliphatic carboxylic acids is 1. The third-order valence-electron chi connectivity index (χ3n) is 7.89. The van der Waals surface area contributed by atoms with Crippen LogP contribution in [0.2, 0.25) is 0 Å². The molecule has 4 aromatic carbocycles. The molecular weight excluding hydrogens is 656 g/mol. The second kappa shape index (κ2) is 14.5. The molecule has 0 saturated carbocycles. The lowest BCUT2D eigenvalue weighted by Crippen LogP contribution is -2.47. The van der Waals surface area contributed by atoms with E-state index in [0.29, 0.717) is 27.3 Å². The second-order valence-corrected chi connectivity index (χ2v) is 12.7. The number of amidine groups is 1. The van der Waals surface area contributed by atoms with Gasteiger partial charge in [-0.2, -0.15) is 0 Å². The number of nitrogens with one attached hydrogen (secondary N) is 2. The third-order valence-corrected chi connectivity index (χ3v) is 9.69. The SMILES string of the molecule is CC(C(=O)O)N(C)C(=O)CN(c1ccc2c(C(=O)NCc3ccc(C(=N)N)cc3)cccc2c1)S(=O)(=O)c1cccc2cccnc12.Cl. The number of rotatable bonds is 11. The van der Waals surface area contributed by atoms with Crippen LogP contribution in [-0.2, 0) is 26.2 Å². The topological polar surface area (TPSA) is 187 Å². The summed E-state index contributed by atoms with van der Waals surface area (Å²) < 4.78 is 29.6. The van der Waals surface area contributed by atoms with E-state index in [9.17, 15) is 27.9 Å². The molecule has 0 spiro atoms. The summed E-state index contributed by atoms with van der Waals surface area (Å²) in [5, 5.41) is 21.5. The van der Waals surface area contributed by atoms with Crippen molar-refractivity contribution in [2.45, 2.75) is 24.4 Å². The van der Waals surface area contributed by atoms with Crippen molar-refractivity contribution in [1.29, 1.82) is 5.41 Å². The Morgan fingerprint density at radius 3 is 2.31 bits per heavy atom. The number of fused-ring (bicyclic) bond motifs is 2. The van der Waals surface area contributed by atoms with E-state index in [1.165, 1.54) is 32.3 Å². The first kappa shape index (κ1) is 35.3. The first-order chi connectivity index (χ1) is 22.4. The molecule has 0 aliphatic rings. The molecule has 14 heteroatoms. The summed E-state index contributed by atoms with van der Waals surface area (Å²) in [6, 6.07) is 23.6. The van der Waals surface area contributed by atoms with Crippen LogP contribution in [0.25, 0.3) is 21.7 Å². The summed E-state index contributed by atoms with van der Waals surface area (Å²) in [6.07, 6.45) is 1.48. The van der Waals surface area contributed by atoms with E-state index in [-0.39, 0.29) is 46.8 Å². The Morgan fingerprint density at radius 2 is 1.62 bits per heavy atom. The van der Waals surface area contributed by atoms with Gasteiger partial charge in [0.25, 0.3) is 15.9 Å². The van der Waals surface area contributed by atoms with Crippen LogP contribution in [0.4, 0.5) is 5.69 Å². The quantitative estimate of drug-likeness (QED) is 0.118. The first-order valence-electron chi connectivity index (χ1n) is 14.5. The van der Waals surface area contributed by atoms with E-state index in [1.54, 1.807) is 78.9 Å². The number of anilines is 1. The molecule has 2 amide bonds. The summed E-state index contributed by atoms with van der Waals surface area (Å²) in [5.41, 5.74) is 7.60. The van der Waals surface area contributed by atoms with E-state index in [1.807, 2.05) is 0 Å². The fraction of sp³-hybridized carbons (Fsp3) is 0.147. The Labute approximate surface area is 283 Å². The lowest BCUT2D eigenvalue weighted by atomic mass is 10.0. The molecule has 5 rings (SSSR count). The van der Waals surface area contributed by atoms with Gasteiger partial charge in [-0.1, -0.05) is 60.7 Å². The third kappa shape index (κ3) is 7.22. The van der Waals surface area contributed by atoms with Crippen molar-refractivity contribution < 1.29 is 27.9 Å². The number of carboxylic acid groups (broad SMARTS) is 1. The van der Waals surface area contributed by atoms with E-state index < -0.39 is 34.5 Å². The maximum atomic E-state index is 14.3. The molecule has 0 bridgehead atoms. The largest absolute Gasteiger partial charge is 0.480 e. The number of aromatic nitrogens is 1. The number of carbonyl (C=O) groups is 3. The van der Waals surface area contributed by atoms with Gasteiger partial charge in [0, 0.05) is 36.3 Å². The highest BCUT2D eigenvalue weighted by molar-refractivity contribution is 7.93. The highest BCUT2D eigenvalue weighted by Gasteiger charge is 2.32. The molecule has 48 heavy (non-hydrogen) atoms. The molecule has 1 aromatic heterocycles. The minimum absolute atomic E-state index is 0. The molecule has 1 heterocycles. The van der Waals surface area contributed by atoms with Crippen LogP contribution in [0.1, 0.15) is 28.4 Å². The number of amides is 2. The lowest BCUT2D eigenvalue weighted by Gasteiger charge is -2.28. The second-order valence-electron chi connectivity index (χ2n) is 10.9. The van der Waals surface area contributed by atoms with Gasteiger partial charge in [0.15, 0.2) is 0 Å². The fourth-order valence-electron chi connectivity index (χ4n) is 5.04. The Balaban J connectivity index is 0.00000520. The van der Waals surface area contributed by atoms with Crippen molar-refractivity contribution in [3.8, 4) is 0 Å². The Hall–Kier alpha value is -5.53. The number of nitrogens with two attached hydrogens (primary N) is 1. The van der Waals surface area contributed by atoms with Gasteiger partial charge in [-0.15, -0.1) is 12.4 Å². The van der Waals surface area contributed by atoms with Crippen molar-refractivity contribution in [3.05, 3.63) is 114 Å². The van der Waals surface area contributed by atoms with Crippen LogP contribution in [0.5, 0.6) is 0 Å². The number of likely N-dealkylation sites (N-methyl/N-ethyl adjacent to an activating group) is 1. The molecule has 1 unspecified atom stereocenters. The Morgan fingerprint density at radius 1 is 0.958 bits per heavy atom.